The maximum absolute atomic E-state index is 15.2. The van der Waals surface area contributed by atoms with Crippen LogP contribution in [0.3, 0.4) is 0 Å². The standard InChI is InChI=1S/C30H33FN4O2/c1-18-13-30(14-18,28-34-33-17-35(28)4)22-8-5-7-20(11-22)24-16-37-27-19(2)25(31)21(12-23(27)26(24)36)15-32-29(3)9-6-10-29/h5,7-8,11-12,16-18,32H,6,9-10,13-15H2,1-4H3/t18-,30+. The third kappa shape index (κ3) is 3.82. The molecular weight excluding hydrogens is 467 g/mol. The molecule has 0 atom stereocenters. The monoisotopic (exact) mass is 500 g/mol. The minimum Gasteiger partial charge on any atom is -0.463 e. The average molecular weight is 501 g/mol. The third-order valence-electron chi connectivity index (χ3n) is 8.72. The molecule has 2 aromatic carbocycles. The molecule has 37 heavy (non-hydrogen) atoms. The van der Waals surface area contributed by atoms with Gasteiger partial charge in [0.15, 0.2) is 0 Å². The third-order valence-corrected chi connectivity index (χ3v) is 8.72. The number of aryl methyl sites for hydroxylation is 2. The van der Waals surface area contributed by atoms with Crippen molar-refractivity contribution in [3.05, 3.63) is 81.5 Å². The SMILES string of the molecule is Cc1c(F)c(CNC2(C)CCC2)cc2c(=O)c(-c3cccc([C@]4(c5nncn5C)C[C@@H](C)C4)c3)coc12. The van der Waals surface area contributed by atoms with Gasteiger partial charge in [-0.25, -0.2) is 4.39 Å². The van der Waals surface area contributed by atoms with Crippen LogP contribution in [0.5, 0.6) is 0 Å². The van der Waals surface area contributed by atoms with Crippen molar-refractivity contribution in [3.63, 3.8) is 0 Å². The highest BCUT2D eigenvalue weighted by atomic mass is 19.1. The number of aromatic nitrogens is 3. The Morgan fingerprint density at radius 3 is 2.68 bits per heavy atom. The fraction of sp³-hybridized carbons (Fsp3) is 0.433. The smallest absolute Gasteiger partial charge is 0.200 e. The van der Waals surface area contributed by atoms with E-state index in [1.165, 1.54) is 12.7 Å². The highest BCUT2D eigenvalue weighted by Crippen LogP contribution is 2.51. The van der Waals surface area contributed by atoms with Crippen molar-refractivity contribution < 1.29 is 8.81 Å². The zero-order valence-corrected chi connectivity index (χ0v) is 21.9. The lowest BCUT2D eigenvalue weighted by atomic mass is 9.58. The van der Waals surface area contributed by atoms with E-state index in [0.29, 0.717) is 40.1 Å². The van der Waals surface area contributed by atoms with E-state index in [0.717, 1.165) is 42.6 Å². The average Bonchev–Trinajstić information content (AvgIpc) is 3.28. The molecule has 2 aliphatic rings. The lowest BCUT2D eigenvalue weighted by Gasteiger charge is -2.46. The van der Waals surface area contributed by atoms with Gasteiger partial charge in [0.25, 0.3) is 0 Å². The number of rotatable bonds is 6. The first-order chi connectivity index (χ1) is 17.7. The molecule has 4 aromatic rings. The van der Waals surface area contributed by atoms with Crippen LogP contribution in [0, 0.1) is 18.7 Å². The fourth-order valence-electron chi connectivity index (χ4n) is 6.38. The summed E-state index contributed by atoms with van der Waals surface area (Å²) in [5.74, 6) is 1.21. The molecule has 2 aliphatic carbocycles. The van der Waals surface area contributed by atoms with E-state index in [1.807, 2.05) is 23.7 Å². The number of benzene rings is 2. The Morgan fingerprint density at radius 2 is 2.03 bits per heavy atom. The lowest BCUT2D eigenvalue weighted by Crippen LogP contribution is -2.47. The number of hydrogen-bond acceptors (Lipinski definition) is 5. The zero-order valence-electron chi connectivity index (χ0n) is 21.9. The van der Waals surface area contributed by atoms with Crippen molar-refractivity contribution >= 4 is 11.0 Å². The van der Waals surface area contributed by atoms with Crippen LogP contribution in [0.2, 0.25) is 0 Å². The van der Waals surface area contributed by atoms with E-state index in [2.05, 4.69) is 41.5 Å². The van der Waals surface area contributed by atoms with Crippen molar-refractivity contribution in [2.45, 2.75) is 70.4 Å². The van der Waals surface area contributed by atoms with Gasteiger partial charge in [-0.3, -0.25) is 4.79 Å². The maximum Gasteiger partial charge on any atom is 0.200 e. The molecular formula is C30H33FN4O2. The maximum atomic E-state index is 15.2. The Balaban J connectivity index is 1.42. The van der Waals surface area contributed by atoms with Crippen LogP contribution < -0.4 is 10.7 Å². The van der Waals surface area contributed by atoms with E-state index in [1.54, 1.807) is 19.3 Å². The molecule has 1 N–H and O–H groups in total. The van der Waals surface area contributed by atoms with E-state index < -0.39 is 0 Å². The quantitative estimate of drug-likeness (QED) is 0.363. The van der Waals surface area contributed by atoms with Gasteiger partial charge < -0.3 is 14.3 Å². The van der Waals surface area contributed by atoms with Crippen LogP contribution in [0.15, 0.2) is 52.1 Å². The summed E-state index contributed by atoms with van der Waals surface area (Å²) in [6, 6.07) is 9.77. The Bertz CT molecular complexity index is 1560. The van der Waals surface area contributed by atoms with Crippen molar-refractivity contribution in [1.82, 2.24) is 20.1 Å². The normalized spacial score (nSPS) is 22.6. The van der Waals surface area contributed by atoms with Crippen molar-refractivity contribution in [2.75, 3.05) is 0 Å². The number of hydrogen-bond donors (Lipinski definition) is 1. The molecule has 0 radical (unpaired) electrons. The highest BCUT2D eigenvalue weighted by Gasteiger charge is 2.48. The summed E-state index contributed by atoms with van der Waals surface area (Å²) < 4.78 is 23.1. The first kappa shape index (κ1) is 24.0. The first-order valence-corrected chi connectivity index (χ1v) is 13.1. The molecule has 2 heterocycles. The predicted molar refractivity (Wildman–Crippen MR) is 142 cm³/mol. The summed E-state index contributed by atoms with van der Waals surface area (Å²) in [5, 5.41) is 12.5. The molecule has 192 valence electrons. The van der Waals surface area contributed by atoms with Gasteiger partial charge in [0.05, 0.1) is 16.4 Å². The summed E-state index contributed by atoms with van der Waals surface area (Å²) in [6.07, 6.45) is 8.51. The molecule has 2 aromatic heterocycles. The molecule has 0 bridgehead atoms. The number of halogens is 1. The predicted octanol–water partition coefficient (Wildman–Crippen LogP) is 5.78. The largest absolute Gasteiger partial charge is 0.463 e. The second-order valence-corrected chi connectivity index (χ2v) is 11.5. The Hall–Kier alpha value is -3.32. The van der Waals surface area contributed by atoms with Crippen LogP contribution in [0.25, 0.3) is 22.1 Å². The number of fused-ring (bicyclic) bond motifs is 1. The lowest BCUT2D eigenvalue weighted by molar-refractivity contribution is 0.185. The van der Waals surface area contributed by atoms with Gasteiger partial charge in [-0.15, -0.1) is 10.2 Å². The second kappa shape index (κ2) is 8.62. The Labute approximate surface area is 215 Å². The van der Waals surface area contributed by atoms with E-state index in [9.17, 15) is 4.79 Å². The second-order valence-electron chi connectivity index (χ2n) is 11.5. The van der Waals surface area contributed by atoms with Gasteiger partial charge in [0.1, 0.15) is 29.8 Å². The van der Waals surface area contributed by atoms with Crippen molar-refractivity contribution in [2.24, 2.45) is 13.0 Å². The molecule has 0 amide bonds. The Kier molecular flexibility index (Phi) is 5.60. The number of nitrogens with zero attached hydrogens (tertiary/aromatic N) is 3. The minimum absolute atomic E-state index is 0.0416. The van der Waals surface area contributed by atoms with E-state index in [4.69, 9.17) is 4.42 Å². The molecule has 0 saturated heterocycles. The van der Waals surface area contributed by atoms with E-state index in [-0.39, 0.29) is 22.2 Å². The molecule has 6 rings (SSSR count). The topological polar surface area (TPSA) is 73.0 Å². The van der Waals surface area contributed by atoms with Gasteiger partial charge in [0, 0.05) is 30.3 Å². The Morgan fingerprint density at radius 1 is 1.24 bits per heavy atom. The molecule has 6 nitrogen and oxygen atoms in total. The van der Waals surface area contributed by atoms with Crippen LogP contribution >= 0.6 is 0 Å². The summed E-state index contributed by atoms with van der Waals surface area (Å²) in [6.45, 7) is 6.47. The van der Waals surface area contributed by atoms with Gasteiger partial charge >= 0.3 is 0 Å². The zero-order chi connectivity index (χ0) is 25.9. The molecule has 7 heteroatoms. The molecule has 0 aliphatic heterocycles. The van der Waals surface area contributed by atoms with Crippen molar-refractivity contribution in [3.8, 4) is 11.1 Å². The van der Waals surface area contributed by atoms with Gasteiger partial charge in [-0.05, 0) is 75.1 Å². The van der Waals surface area contributed by atoms with Crippen LogP contribution in [-0.4, -0.2) is 20.3 Å². The minimum atomic E-state index is -0.314. The first-order valence-electron chi connectivity index (χ1n) is 13.1. The molecule has 2 saturated carbocycles. The molecule has 0 unspecified atom stereocenters. The van der Waals surface area contributed by atoms with Crippen LogP contribution in [-0.2, 0) is 19.0 Å². The summed E-state index contributed by atoms with van der Waals surface area (Å²) in [4.78, 5) is 13.8. The summed E-state index contributed by atoms with van der Waals surface area (Å²) >= 11 is 0. The van der Waals surface area contributed by atoms with Gasteiger partial charge in [-0.2, -0.15) is 0 Å². The molecule has 0 spiro atoms. The number of nitrogens with one attached hydrogen (secondary N) is 1. The van der Waals surface area contributed by atoms with Crippen molar-refractivity contribution in [1.29, 1.82) is 0 Å². The highest BCUT2D eigenvalue weighted by molar-refractivity contribution is 5.85. The summed E-state index contributed by atoms with van der Waals surface area (Å²) in [5.41, 5.74) is 3.23. The van der Waals surface area contributed by atoms with Crippen LogP contribution in [0.1, 0.15) is 68.5 Å². The van der Waals surface area contributed by atoms with E-state index >= 15 is 4.39 Å². The van der Waals surface area contributed by atoms with Gasteiger partial charge in [-0.1, -0.05) is 25.1 Å². The van der Waals surface area contributed by atoms with Gasteiger partial charge in [0.2, 0.25) is 5.43 Å². The molecule has 2 fully saturated rings. The van der Waals surface area contributed by atoms with Crippen LogP contribution in [0.4, 0.5) is 4.39 Å². The fourth-order valence-corrected chi connectivity index (χ4v) is 6.38. The summed E-state index contributed by atoms with van der Waals surface area (Å²) in [7, 11) is 1.97.